The Labute approximate surface area is 164 Å². The minimum atomic E-state index is 0.0493. The van der Waals surface area contributed by atoms with E-state index in [1.165, 1.54) is 0 Å². The third-order valence-corrected chi connectivity index (χ3v) is 6.14. The van der Waals surface area contributed by atoms with Crippen molar-refractivity contribution in [3.8, 4) is 5.88 Å². The van der Waals surface area contributed by atoms with E-state index in [2.05, 4.69) is 39.9 Å². The lowest BCUT2D eigenvalue weighted by Crippen LogP contribution is -2.33. The van der Waals surface area contributed by atoms with E-state index in [-0.39, 0.29) is 5.91 Å². The van der Waals surface area contributed by atoms with E-state index in [9.17, 15) is 4.79 Å². The lowest BCUT2D eigenvalue weighted by atomic mass is 10.0. The van der Waals surface area contributed by atoms with E-state index in [4.69, 9.17) is 4.74 Å². The van der Waals surface area contributed by atoms with Gasteiger partial charge >= 0.3 is 0 Å². The van der Waals surface area contributed by atoms with Crippen molar-refractivity contribution in [1.29, 1.82) is 0 Å². The highest BCUT2D eigenvalue weighted by molar-refractivity contribution is 5.96. The number of carbonyl (C=O) groups is 1. The van der Waals surface area contributed by atoms with E-state index in [0.717, 1.165) is 50.7 Å². The highest BCUT2D eigenvalue weighted by Crippen LogP contribution is 2.35. The fraction of sp³-hybridized carbons (Fsp3) is 0.600. The van der Waals surface area contributed by atoms with Gasteiger partial charge in [0, 0.05) is 62.7 Å². The number of amides is 1. The van der Waals surface area contributed by atoms with E-state index >= 15 is 0 Å². The Bertz CT molecular complexity index is 881. The van der Waals surface area contributed by atoms with Gasteiger partial charge in [-0.1, -0.05) is 13.8 Å². The number of hydrogen-bond donors (Lipinski definition) is 0. The Balaban J connectivity index is 1.27. The molecule has 8 nitrogen and oxygen atoms in total. The summed E-state index contributed by atoms with van der Waals surface area (Å²) in [5, 5.41) is 4.32. The summed E-state index contributed by atoms with van der Waals surface area (Å²) >= 11 is 0. The number of aromatic nitrogens is 4. The zero-order chi connectivity index (χ0) is 19.3. The van der Waals surface area contributed by atoms with Crippen molar-refractivity contribution in [3.63, 3.8) is 0 Å². The van der Waals surface area contributed by atoms with Gasteiger partial charge in [0.15, 0.2) is 0 Å². The second-order valence-electron chi connectivity index (χ2n) is 8.38. The first-order chi connectivity index (χ1) is 13.6. The average molecular weight is 382 g/mol. The fourth-order valence-electron chi connectivity index (χ4n) is 4.58. The van der Waals surface area contributed by atoms with Crippen molar-refractivity contribution >= 4 is 11.7 Å². The molecular formula is C20H26N6O2. The van der Waals surface area contributed by atoms with Gasteiger partial charge in [-0.2, -0.15) is 5.10 Å². The van der Waals surface area contributed by atoms with Crippen LogP contribution in [0.15, 0.2) is 18.6 Å². The molecule has 2 unspecified atom stereocenters. The minimum Gasteiger partial charge on any atom is -0.477 e. The third kappa shape index (κ3) is 2.91. The second kappa shape index (κ2) is 6.76. The molecule has 2 atom stereocenters. The maximum absolute atomic E-state index is 13.0. The van der Waals surface area contributed by atoms with Gasteiger partial charge < -0.3 is 14.5 Å². The van der Waals surface area contributed by atoms with Crippen LogP contribution in [0.25, 0.3) is 0 Å². The van der Waals surface area contributed by atoms with Crippen LogP contribution in [0.1, 0.15) is 42.2 Å². The molecular weight excluding hydrogens is 356 g/mol. The van der Waals surface area contributed by atoms with E-state index in [1.807, 2.05) is 4.90 Å². The van der Waals surface area contributed by atoms with Crippen LogP contribution >= 0.6 is 0 Å². The van der Waals surface area contributed by atoms with Crippen LogP contribution in [-0.4, -0.2) is 63.3 Å². The van der Waals surface area contributed by atoms with Gasteiger partial charge in [0.05, 0.1) is 12.8 Å². The number of hydrogen-bond acceptors (Lipinski definition) is 6. The van der Waals surface area contributed by atoms with E-state index in [0.29, 0.717) is 35.8 Å². The molecule has 5 heterocycles. The van der Waals surface area contributed by atoms with Crippen LogP contribution in [-0.2, 0) is 6.54 Å². The van der Waals surface area contributed by atoms with Crippen molar-refractivity contribution in [2.24, 2.45) is 11.8 Å². The highest BCUT2D eigenvalue weighted by Gasteiger charge is 2.43. The Morgan fingerprint density at radius 3 is 2.71 bits per heavy atom. The average Bonchev–Trinajstić information content (AvgIpc) is 3.40. The first-order valence-electron chi connectivity index (χ1n) is 10.1. The fourth-order valence-corrected chi connectivity index (χ4v) is 4.58. The van der Waals surface area contributed by atoms with Crippen molar-refractivity contribution in [2.45, 2.75) is 32.7 Å². The van der Waals surface area contributed by atoms with Crippen molar-refractivity contribution < 1.29 is 9.53 Å². The van der Waals surface area contributed by atoms with Crippen molar-refractivity contribution in [2.75, 3.05) is 37.7 Å². The van der Waals surface area contributed by atoms with Crippen molar-refractivity contribution in [1.82, 2.24) is 24.6 Å². The second-order valence-corrected chi connectivity index (χ2v) is 8.38. The molecule has 0 radical (unpaired) electrons. The van der Waals surface area contributed by atoms with Gasteiger partial charge in [-0.25, -0.2) is 14.6 Å². The molecule has 0 spiro atoms. The SMILES string of the molecule is CC(C)c1cc(N2CC3CN(C(=O)c4cnn5c4OCCC5)CC3C2)ncn1. The zero-order valence-corrected chi connectivity index (χ0v) is 16.4. The van der Waals surface area contributed by atoms with Gasteiger partial charge in [-0.3, -0.25) is 4.79 Å². The summed E-state index contributed by atoms with van der Waals surface area (Å²) in [5.41, 5.74) is 1.68. The van der Waals surface area contributed by atoms with Crippen LogP contribution in [0.2, 0.25) is 0 Å². The molecule has 0 aromatic carbocycles. The predicted molar refractivity (Wildman–Crippen MR) is 104 cm³/mol. The van der Waals surface area contributed by atoms with Crippen LogP contribution in [0.3, 0.4) is 0 Å². The number of carbonyl (C=O) groups excluding carboxylic acids is 1. The number of anilines is 1. The Morgan fingerprint density at radius 2 is 1.96 bits per heavy atom. The lowest BCUT2D eigenvalue weighted by Gasteiger charge is -2.23. The molecule has 2 aromatic heterocycles. The molecule has 3 aliphatic rings. The standard InChI is InChI=1S/C20H26N6O2/c1-13(2)17-6-18(22-12-21-17)24-8-14-10-25(11-15(14)9-24)19(27)16-7-23-26-4-3-5-28-20(16)26/h6-7,12-15H,3-5,8-11H2,1-2H3. The molecule has 0 N–H and O–H groups in total. The number of ether oxygens (including phenoxy) is 1. The maximum atomic E-state index is 13.0. The van der Waals surface area contributed by atoms with Gasteiger partial charge in [0.25, 0.3) is 5.91 Å². The molecule has 28 heavy (non-hydrogen) atoms. The van der Waals surface area contributed by atoms with Gasteiger partial charge in [-0.05, 0) is 5.92 Å². The third-order valence-electron chi connectivity index (χ3n) is 6.14. The molecule has 148 valence electrons. The van der Waals surface area contributed by atoms with Crippen LogP contribution in [0.4, 0.5) is 5.82 Å². The number of nitrogens with zero attached hydrogens (tertiary/aromatic N) is 6. The van der Waals surface area contributed by atoms with Gasteiger partial charge in [0.2, 0.25) is 5.88 Å². The van der Waals surface area contributed by atoms with Gasteiger partial charge in [0.1, 0.15) is 17.7 Å². The molecule has 8 heteroatoms. The predicted octanol–water partition coefficient (Wildman–Crippen LogP) is 1.79. The normalized spacial score (nSPS) is 23.7. The Hall–Kier alpha value is -2.64. The van der Waals surface area contributed by atoms with Crippen LogP contribution in [0.5, 0.6) is 5.88 Å². The summed E-state index contributed by atoms with van der Waals surface area (Å²) in [6.07, 6.45) is 4.27. The topological polar surface area (TPSA) is 76.4 Å². The molecule has 0 saturated carbocycles. The molecule has 2 fully saturated rings. The number of rotatable bonds is 3. The first kappa shape index (κ1) is 17.5. The van der Waals surface area contributed by atoms with E-state index < -0.39 is 0 Å². The molecule has 0 aliphatic carbocycles. The molecule has 5 rings (SSSR count). The summed E-state index contributed by atoms with van der Waals surface area (Å²) in [7, 11) is 0. The summed E-state index contributed by atoms with van der Waals surface area (Å²) < 4.78 is 7.51. The van der Waals surface area contributed by atoms with E-state index in [1.54, 1.807) is 17.2 Å². The highest BCUT2D eigenvalue weighted by atomic mass is 16.5. The summed E-state index contributed by atoms with van der Waals surface area (Å²) in [5.74, 6) is 3.04. The summed E-state index contributed by atoms with van der Waals surface area (Å²) in [6.45, 7) is 9.21. The molecule has 2 aromatic rings. The Morgan fingerprint density at radius 1 is 1.18 bits per heavy atom. The molecule has 1 amide bonds. The quantitative estimate of drug-likeness (QED) is 0.806. The van der Waals surface area contributed by atoms with Crippen molar-refractivity contribution in [3.05, 3.63) is 29.8 Å². The number of fused-ring (bicyclic) bond motifs is 2. The summed E-state index contributed by atoms with van der Waals surface area (Å²) in [6, 6.07) is 2.10. The van der Waals surface area contributed by atoms with Crippen LogP contribution < -0.4 is 9.64 Å². The molecule has 2 saturated heterocycles. The number of aryl methyl sites for hydroxylation is 1. The maximum Gasteiger partial charge on any atom is 0.261 e. The Kier molecular flexibility index (Phi) is 4.21. The molecule has 0 bridgehead atoms. The monoisotopic (exact) mass is 382 g/mol. The minimum absolute atomic E-state index is 0.0493. The molecule has 3 aliphatic heterocycles. The first-order valence-corrected chi connectivity index (χ1v) is 10.1. The lowest BCUT2D eigenvalue weighted by molar-refractivity contribution is 0.0775. The van der Waals surface area contributed by atoms with Crippen LogP contribution in [0, 0.1) is 11.8 Å². The number of likely N-dealkylation sites (tertiary alicyclic amines) is 1. The van der Waals surface area contributed by atoms with Gasteiger partial charge in [-0.15, -0.1) is 0 Å². The summed E-state index contributed by atoms with van der Waals surface area (Å²) in [4.78, 5) is 26.2. The smallest absolute Gasteiger partial charge is 0.261 e. The zero-order valence-electron chi connectivity index (χ0n) is 16.4. The largest absolute Gasteiger partial charge is 0.477 e.